The summed E-state index contributed by atoms with van der Waals surface area (Å²) >= 11 is 0. The average molecular weight is 391 g/mol. The summed E-state index contributed by atoms with van der Waals surface area (Å²) in [5.74, 6) is 1.56. The zero-order valence-corrected chi connectivity index (χ0v) is 16.5. The Hall–Kier alpha value is -2.48. The van der Waals surface area contributed by atoms with Gasteiger partial charge in [-0.1, -0.05) is 12.8 Å². The Morgan fingerprint density at radius 2 is 1.74 bits per heavy atom. The van der Waals surface area contributed by atoms with Crippen LogP contribution in [0.1, 0.15) is 25.7 Å². The van der Waals surface area contributed by atoms with E-state index < -0.39 is 10.0 Å². The molecule has 0 spiro atoms. The van der Waals surface area contributed by atoms with Crippen molar-refractivity contribution in [2.24, 2.45) is 0 Å². The molecular weight excluding hydrogens is 366 g/mol. The fourth-order valence-corrected chi connectivity index (χ4v) is 4.37. The number of hydrogen-bond acceptors (Lipinski definition) is 6. The summed E-state index contributed by atoms with van der Waals surface area (Å²) in [5.41, 5.74) is 0.401. The monoisotopic (exact) mass is 391 g/mol. The van der Waals surface area contributed by atoms with Gasteiger partial charge in [-0.25, -0.2) is 13.4 Å². The molecule has 146 valence electrons. The Morgan fingerprint density at radius 3 is 2.33 bits per heavy atom. The number of benzene rings is 1. The van der Waals surface area contributed by atoms with Gasteiger partial charge in [0.05, 0.1) is 26.1 Å². The summed E-state index contributed by atoms with van der Waals surface area (Å²) in [7, 11) is -0.929. The van der Waals surface area contributed by atoms with Crippen LogP contribution in [0, 0.1) is 0 Å². The van der Waals surface area contributed by atoms with Gasteiger partial charge < -0.3 is 14.4 Å². The molecule has 27 heavy (non-hydrogen) atoms. The third kappa shape index (κ3) is 4.63. The van der Waals surface area contributed by atoms with Crippen molar-refractivity contribution in [1.82, 2.24) is 4.98 Å². The number of nitrogens with one attached hydrogen (secondary N) is 1. The molecule has 0 unspecified atom stereocenters. The van der Waals surface area contributed by atoms with Gasteiger partial charge in [0.1, 0.15) is 22.2 Å². The largest absolute Gasteiger partial charge is 0.497 e. The summed E-state index contributed by atoms with van der Waals surface area (Å²) < 4.78 is 38.5. The van der Waals surface area contributed by atoms with Gasteiger partial charge in [-0.2, -0.15) is 0 Å². The number of methoxy groups -OCH3 is 2. The second-order valence-electron chi connectivity index (χ2n) is 6.43. The highest BCUT2D eigenvalue weighted by atomic mass is 32.2. The maximum atomic E-state index is 12.8. The lowest BCUT2D eigenvalue weighted by molar-refractivity contribution is 0.392. The van der Waals surface area contributed by atoms with Crippen molar-refractivity contribution in [2.45, 2.75) is 30.6 Å². The number of ether oxygens (including phenoxy) is 2. The summed E-state index contributed by atoms with van der Waals surface area (Å²) in [6, 6.07) is 8.23. The average Bonchev–Trinajstić information content (AvgIpc) is 2.97. The second kappa shape index (κ2) is 8.47. The molecule has 2 heterocycles. The Labute approximate surface area is 160 Å². The molecular formula is C19H25N3O4S. The van der Waals surface area contributed by atoms with E-state index in [1.54, 1.807) is 24.4 Å². The number of anilines is 2. The van der Waals surface area contributed by atoms with Crippen LogP contribution in [0.2, 0.25) is 0 Å². The fraction of sp³-hybridized carbons (Fsp3) is 0.421. The third-order valence-electron chi connectivity index (χ3n) is 4.59. The van der Waals surface area contributed by atoms with Crippen LogP contribution in [-0.2, 0) is 10.0 Å². The molecule has 0 atom stereocenters. The Balaban J connectivity index is 1.80. The van der Waals surface area contributed by atoms with Crippen molar-refractivity contribution >= 4 is 21.5 Å². The summed E-state index contributed by atoms with van der Waals surface area (Å²) in [5, 5.41) is 0. The van der Waals surface area contributed by atoms with Crippen LogP contribution >= 0.6 is 0 Å². The predicted molar refractivity (Wildman–Crippen MR) is 105 cm³/mol. The summed E-state index contributed by atoms with van der Waals surface area (Å²) in [6.07, 6.45) is 6.36. The Bertz CT molecular complexity index is 861. The van der Waals surface area contributed by atoms with Crippen LogP contribution in [0.25, 0.3) is 0 Å². The Kier molecular flexibility index (Phi) is 6.05. The third-order valence-corrected chi connectivity index (χ3v) is 5.99. The van der Waals surface area contributed by atoms with E-state index in [1.165, 1.54) is 33.1 Å². The van der Waals surface area contributed by atoms with Gasteiger partial charge >= 0.3 is 0 Å². The number of nitrogens with zero attached hydrogens (tertiary/aromatic N) is 2. The van der Waals surface area contributed by atoms with Crippen molar-refractivity contribution in [3.63, 3.8) is 0 Å². The topological polar surface area (TPSA) is 80.8 Å². The van der Waals surface area contributed by atoms with Crippen LogP contribution in [-0.4, -0.2) is 40.7 Å². The van der Waals surface area contributed by atoms with E-state index >= 15 is 0 Å². The second-order valence-corrected chi connectivity index (χ2v) is 8.08. The summed E-state index contributed by atoms with van der Waals surface area (Å²) in [6.45, 7) is 1.97. The van der Waals surface area contributed by atoms with Crippen LogP contribution in [0.3, 0.4) is 0 Å². The molecule has 0 aliphatic carbocycles. The van der Waals surface area contributed by atoms with Gasteiger partial charge in [0, 0.05) is 19.2 Å². The first-order chi connectivity index (χ1) is 13.0. The number of hydrogen-bond donors (Lipinski definition) is 1. The number of sulfonamides is 1. The van der Waals surface area contributed by atoms with Crippen LogP contribution in [0.15, 0.2) is 41.4 Å². The number of rotatable bonds is 6. The minimum atomic E-state index is -3.84. The van der Waals surface area contributed by atoms with Gasteiger partial charge in [0.2, 0.25) is 0 Å². The predicted octanol–water partition coefficient (Wildman–Crippen LogP) is 3.28. The fourth-order valence-electron chi connectivity index (χ4n) is 3.14. The normalized spacial score (nSPS) is 15.1. The SMILES string of the molecule is COc1ccc(OC)c(S(=O)(=O)Nc2ccc(N3CCCCCC3)nc2)c1. The van der Waals surface area contributed by atoms with Crippen molar-refractivity contribution in [3.8, 4) is 11.5 Å². The maximum Gasteiger partial charge on any atom is 0.265 e. The highest BCUT2D eigenvalue weighted by Gasteiger charge is 2.21. The van der Waals surface area contributed by atoms with E-state index in [4.69, 9.17) is 9.47 Å². The van der Waals surface area contributed by atoms with E-state index in [0.717, 1.165) is 31.7 Å². The van der Waals surface area contributed by atoms with Crippen molar-refractivity contribution < 1.29 is 17.9 Å². The molecule has 0 saturated carbocycles. The van der Waals surface area contributed by atoms with Crippen LogP contribution < -0.4 is 19.1 Å². The van der Waals surface area contributed by atoms with Crippen LogP contribution in [0.5, 0.6) is 11.5 Å². The lowest BCUT2D eigenvalue weighted by atomic mass is 10.2. The molecule has 2 aromatic rings. The molecule has 0 amide bonds. The highest BCUT2D eigenvalue weighted by molar-refractivity contribution is 7.92. The molecule has 1 fully saturated rings. The molecule has 1 N–H and O–H groups in total. The molecule has 1 aliphatic heterocycles. The quantitative estimate of drug-likeness (QED) is 0.814. The van der Waals surface area contributed by atoms with Crippen molar-refractivity contribution in [1.29, 1.82) is 0 Å². The first-order valence-electron chi connectivity index (χ1n) is 8.99. The molecule has 0 bridgehead atoms. The number of pyridine rings is 1. The molecule has 1 aromatic heterocycles. The van der Waals surface area contributed by atoms with E-state index in [-0.39, 0.29) is 10.6 Å². The molecule has 3 rings (SSSR count). The molecule has 1 aromatic carbocycles. The molecule has 1 saturated heterocycles. The van der Waals surface area contributed by atoms with Crippen molar-refractivity contribution in [2.75, 3.05) is 36.9 Å². The first-order valence-corrected chi connectivity index (χ1v) is 10.5. The lowest BCUT2D eigenvalue weighted by Gasteiger charge is -2.21. The van der Waals surface area contributed by atoms with Gasteiger partial charge in [0.25, 0.3) is 10.0 Å². The molecule has 1 aliphatic rings. The minimum Gasteiger partial charge on any atom is -0.497 e. The number of aromatic nitrogens is 1. The molecule has 7 nitrogen and oxygen atoms in total. The molecule has 8 heteroatoms. The Morgan fingerprint density at radius 1 is 1.00 bits per heavy atom. The van der Waals surface area contributed by atoms with Gasteiger partial charge in [-0.3, -0.25) is 4.72 Å². The van der Waals surface area contributed by atoms with Gasteiger partial charge in [-0.05, 0) is 37.1 Å². The van der Waals surface area contributed by atoms with Crippen molar-refractivity contribution in [3.05, 3.63) is 36.5 Å². The highest BCUT2D eigenvalue weighted by Crippen LogP contribution is 2.30. The smallest absolute Gasteiger partial charge is 0.265 e. The maximum absolute atomic E-state index is 12.8. The summed E-state index contributed by atoms with van der Waals surface area (Å²) in [4.78, 5) is 6.70. The molecule has 0 radical (unpaired) electrons. The minimum absolute atomic E-state index is 0.0148. The van der Waals surface area contributed by atoms with E-state index in [2.05, 4.69) is 14.6 Å². The van der Waals surface area contributed by atoms with Gasteiger partial charge in [-0.15, -0.1) is 0 Å². The standard InChI is InChI=1S/C19H25N3O4S/c1-25-16-8-9-17(26-2)18(13-16)27(23,24)21-15-7-10-19(20-14-15)22-11-5-3-4-6-12-22/h7-10,13-14,21H,3-6,11-12H2,1-2H3. The van der Waals surface area contributed by atoms with E-state index in [1.807, 2.05) is 6.07 Å². The zero-order valence-electron chi connectivity index (χ0n) is 15.6. The first kappa shape index (κ1) is 19.3. The van der Waals surface area contributed by atoms with E-state index in [9.17, 15) is 8.42 Å². The lowest BCUT2D eigenvalue weighted by Crippen LogP contribution is -2.24. The van der Waals surface area contributed by atoms with E-state index in [0.29, 0.717) is 11.4 Å². The van der Waals surface area contributed by atoms with Gasteiger partial charge in [0.15, 0.2) is 0 Å². The van der Waals surface area contributed by atoms with Crippen LogP contribution in [0.4, 0.5) is 11.5 Å². The zero-order chi connectivity index (χ0) is 19.3.